The second-order valence-corrected chi connectivity index (χ2v) is 7.87. The van der Waals surface area contributed by atoms with Crippen LogP contribution in [0.5, 0.6) is 0 Å². The van der Waals surface area contributed by atoms with Crippen molar-refractivity contribution in [2.45, 2.75) is 26.3 Å². The first-order valence-corrected chi connectivity index (χ1v) is 10.2. The SMILES string of the molecule is CC(=O)Nc1ccc(NC(=O)N2CCC(C)C(N(C)c3ncnc4[nH]ccc34)C2)cn1. The molecule has 3 amide bonds. The number of aromatic amines is 1. The number of nitrogens with one attached hydrogen (secondary N) is 3. The second-order valence-electron chi connectivity index (χ2n) is 7.87. The molecule has 1 aliphatic heterocycles. The van der Waals surface area contributed by atoms with E-state index in [1.165, 1.54) is 13.1 Å². The Labute approximate surface area is 180 Å². The number of rotatable bonds is 4. The number of amides is 3. The van der Waals surface area contributed by atoms with Gasteiger partial charge >= 0.3 is 6.03 Å². The third kappa shape index (κ3) is 4.42. The number of H-pyrrole nitrogens is 1. The molecule has 1 saturated heterocycles. The highest BCUT2D eigenvalue weighted by molar-refractivity contribution is 5.91. The smallest absolute Gasteiger partial charge is 0.321 e. The molecule has 10 nitrogen and oxygen atoms in total. The Kier molecular flexibility index (Phi) is 5.70. The maximum absolute atomic E-state index is 12.9. The summed E-state index contributed by atoms with van der Waals surface area (Å²) >= 11 is 0. The maximum atomic E-state index is 12.9. The van der Waals surface area contributed by atoms with E-state index in [4.69, 9.17) is 0 Å². The standard InChI is InChI=1S/C21H26N8O2/c1-13-7-9-29(21(31)27-15-4-5-18(23-10-15)26-14(2)30)11-17(13)28(3)20-16-6-8-22-19(16)24-12-25-20/h4-6,8,10,12-13,17H,7,9,11H2,1-3H3,(H,27,31)(H,22,24,25)(H,23,26,30). The van der Waals surface area contributed by atoms with Crippen LogP contribution in [-0.2, 0) is 4.79 Å². The van der Waals surface area contributed by atoms with Crippen LogP contribution in [0.3, 0.4) is 0 Å². The fourth-order valence-electron chi connectivity index (χ4n) is 3.96. The highest BCUT2D eigenvalue weighted by atomic mass is 16.2. The number of likely N-dealkylation sites (tertiary alicyclic amines) is 1. The molecule has 4 heterocycles. The molecule has 0 aliphatic carbocycles. The van der Waals surface area contributed by atoms with E-state index in [1.54, 1.807) is 18.5 Å². The number of hydrogen-bond donors (Lipinski definition) is 3. The Balaban J connectivity index is 1.45. The zero-order chi connectivity index (χ0) is 22.0. The number of aromatic nitrogens is 4. The third-order valence-corrected chi connectivity index (χ3v) is 5.69. The fraction of sp³-hybridized carbons (Fsp3) is 0.381. The normalized spacial score (nSPS) is 18.6. The fourth-order valence-corrected chi connectivity index (χ4v) is 3.96. The molecular formula is C21H26N8O2. The molecule has 3 N–H and O–H groups in total. The van der Waals surface area contributed by atoms with Crippen LogP contribution in [0.25, 0.3) is 11.0 Å². The van der Waals surface area contributed by atoms with Gasteiger partial charge in [0.1, 0.15) is 23.6 Å². The van der Waals surface area contributed by atoms with Crippen molar-refractivity contribution in [3.05, 3.63) is 36.9 Å². The van der Waals surface area contributed by atoms with E-state index >= 15 is 0 Å². The van der Waals surface area contributed by atoms with Gasteiger partial charge in [0.2, 0.25) is 5.91 Å². The average molecular weight is 422 g/mol. The summed E-state index contributed by atoms with van der Waals surface area (Å²) in [4.78, 5) is 44.0. The topological polar surface area (TPSA) is 119 Å². The number of nitrogens with zero attached hydrogens (tertiary/aromatic N) is 5. The molecule has 2 unspecified atom stereocenters. The number of hydrogen-bond acceptors (Lipinski definition) is 6. The van der Waals surface area contributed by atoms with Gasteiger partial charge in [0.05, 0.1) is 23.3 Å². The first kappa shape index (κ1) is 20.6. The lowest BCUT2D eigenvalue weighted by molar-refractivity contribution is -0.114. The summed E-state index contributed by atoms with van der Waals surface area (Å²) in [5.74, 6) is 1.50. The maximum Gasteiger partial charge on any atom is 0.321 e. The molecule has 3 aromatic heterocycles. The van der Waals surface area contributed by atoms with Gasteiger partial charge in [-0.3, -0.25) is 4.79 Å². The summed E-state index contributed by atoms with van der Waals surface area (Å²) in [6.07, 6.45) is 5.83. The molecule has 10 heteroatoms. The Hall–Kier alpha value is -3.69. The van der Waals surface area contributed by atoms with Crippen LogP contribution in [0.2, 0.25) is 0 Å². The summed E-state index contributed by atoms with van der Waals surface area (Å²) in [6, 6.07) is 5.29. The van der Waals surface area contributed by atoms with Crippen molar-refractivity contribution in [3.8, 4) is 0 Å². The molecular weight excluding hydrogens is 396 g/mol. The molecule has 4 rings (SSSR count). The van der Waals surface area contributed by atoms with Crippen LogP contribution in [0.15, 0.2) is 36.9 Å². The lowest BCUT2D eigenvalue weighted by Crippen LogP contribution is -2.53. The highest BCUT2D eigenvalue weighted by Gasteiger charge is 2.32. The zero-order valence-electron chi connectivity index (χ0n) is 17.8. The highest BCUT2D eigenvalue weighted by Crippen LogP contribution is 2.28. The summed E-state index contributed by atoms with van der Waals surface area (Å²) in [5, 5.41) is 6.46. The second kappa shape index (κ2) is 8.58. The summed E-state index contributed by atoms with van der Waals surface area (Å²) < 4.78 is 0. The van der Waals surface area contributed by atoms with Crippen molar-refractivity contribution in [1.29, 1.82) is 0 Å². The molecule has 2 atom stereocenters. The van der Waals surface area contributed by atoms with Gasteiger partial charge in [-0.15, -0.1) is 0 Å². The lowest BCUT2D eigenvalue weighted by atomic mass is 9.92. The average Bonchev–Trinajstić information content (AvgIpc) is 3.23. The van der Waals surface area contributed by atoms with Crippen LogP contribution >= 0.6 is 0 Å². The van der Waals surface area contributed by atoms with Gasteiger partial charge in [0.25, 0.3) is 0 Å². The predicted octanol–water partition coefficient (Wildman–Crippen LogP) is 2.69. The Morgan fingerprint density at radius 2 is 2.03 bits per heavy atom. The Morgan fingerprint density at radius 1 is 1.19 bits per heavy atom. The van der Waals surface area contributed by atoms with Crippen molar-refractivity contribution >= 4 is 40.3 Å². The van der Waals surface area contributed by atoms with Gasteiger partial charge in [-0.1, -0.05) is 6.92 Å². The number of urea groups is 1. The summed E-state index contributed by atoms with van der Waals surface area (Å²) in [6.45, 7) is 4.89. The number of anilines is 3. The van der Waals surface area contributed by atoms with E-state index in [-0.39, 0.29) is 18.0 Å². The van der Waals surface area contributed by atoms with Crippen LogP contribution in [0.1, 0.15) is 20.3 Å². The number of piperidine rings is 1. The quantitative estimate of drug-likeness (QED) is 0.595. The number of fused-ring (bicyclic) bond motifs is 1. The van der Waals surface area contributed by atoms with E-state index in [2.05, 4.69) is 42.4 Å². The van der Waals surface area contributed by atoms with E-state index in [0.29, 0.717) is 30.5 Å². The van der Waals surface area contributed by atoms with Crippen molar-refractivity contribution in [2.75, 3.05) is 35.7 Å². The molecule has 1 aliphatic rings. The van der Waals surface area contributed by atoms with Crippen molar-refractivity contribution in [3.63, 3.8) is 0 Å². The third-order valence-electron chi connectivity index (χ3n) is 5.69. The van der Waals surface area contributed by atoms with Crippen molar-refractivity contribution in [1.82, 2.24) is 24.8 Å². The molecule has 1 fully saturated rings. The Morgan fingerprint density at radius 3 is 2.77 bits per heavy atom. The van der Waals surface area contributed by atoms with Crippen LogP contribution in [0, 0.1) is 5.92 Å². The molecule has 162 valence electrons. The first-order valence-electron chi connectivity index (χ1n) is 10.2. The molecule has 0 saturated carbocycles. The van der Waals surface area contributed by atoms with Gasteiger partial charge in [0.15, 0.2) is 0 Å². The van der Waals surface area contributed by atoms with Crippen LogP contribution < -0.4 is 15.5 Å². The van der Waals surface area contributed by atoms with Gasteiger partial charge in [-0.25, -0.2) is 19.7 Å². The predicted molar refractivity (Wildman–Crippen MR) is 119 cm³/mol. The van der Waals surface area contributed by atoms with Crippen molar-refractivity contribution < 1.29 is 9.59 Å². The minimum absolute atomic E-state index is 0.118. The Bertz CT molecular complexity index is 1080. The minimum atomic E-state index is -0.192. The number of pyridine rings is 1. The molecule has 0 bridgehead atoms. The van der Waals surface area contributed by atoms with Crippen LogP contribution in [-0.4, -0.2) is 63.0 Å². The van der Waals surface area contributed by atoms with E-state index in [1.807, 2.05) is 24.2 Å². The lowest BCUT2D eigenvalue weighted by Gasteiger charge is -2.42. The summed E-state index contributed by atoms with van der Waals surface area (Å²) in [5.41, 5.74) is 1.37. The number of carbonyl (C=O) groups is 2. The van der Waals surface area contributed by atoms with E-state index < -0.39 is 0 Å². The van der Waals surface area contributed by atoms with Crippen molar-refractivity contribution in [2.24, 2.45) is 5.92 Å². The molecule has 0 radical (unpaired) electrons. The van der Waals surface area contributed by atoms with Gasteiger partial charge in [-0.2, -0.15) is 0 Å². The largest absolute Gasteiger partial charge is 0.354 e. The van der Waals surface area contributed by atoms with E-state index in [9.17, 15) is 9.59 Å². The van der Waals surface area contributed by atoms with Gasteiger partial charge in [0, 0.05) is 33.3 Å². The molecule has 0 aromatic carbocycles. The zero-order valence-corrected chi connectivity index (χ0v) is 17.8. The van der Waals surface area contributed by atoms with Crippen LogP contribution in [0.4, 0.5) is 22.1 Å². The number of likely N-dealkylation sites (N-methyl/N-ethyl adjacent to an activating group) is 1. The number of carbonyl (C=O) groups excluding carboxylic acids is 2. The van der Waals surface area contributed by atoms with Gasteiger partial charge < -0.3 is 25.4 Å². The monoisotopic (exact) mass is 422 g/mol. The molecule has 31 heavy (non-hydrogen) atoms. The van der Waals surface area contributed by atoms with Gasteiger partial charge in [-0.05, 0) is 30.5 Å². The molecule has 0 spiro atoms. The van der Waals surface area contributed by atoms with E-state index in [0.717, 1.165) is 23.3 Å². The molecule has 3 aromatic rings. The summed E-state index contributed by atoms with van der Waals surface area (Å²) in [7, 11) is 2.02. The minimum Gasteiger partial charge on any atom is -0.354 e. The first-order chi connectivity index (χ1) is 14.9.